The minimum absolute atomic E-state index is 0.0191. The second kappa shape index (κ2) is 9.61. The molecule has 6 heteroatoms. The van der Waals surface area contributed by atoms with Gasteiger partial charge in [-0.1, -0.05) is 32.1 Å². The molecule has 4 N–H and O–H groups in total. The Hall–Kier alpha value is -1.14. The van der Waals surface area contributed by atoms with Gasteiger partial charge >= 0.3 is 0 Å². The molecular weight excluding hydrogens is 398 g/mol. The SMILES string of the molecule is CN1CC[C@@H](NC(=O)C2CC3CCC(C(=N)N)CC3N2CC2CCCC3CCCCC32)C1. The fourth-order valence-electron chi connectivity index (χ4n) is 8.27. The minimum atomic E-state index is 0.0191. The van der Waals surface area contributed by atoms with Crippen molar-refractivity contribution in [3.05, 3.63) is 0 Å². The monoisotopic (exact) mass is 443 g/mol. The van der Waals surface area contributed by atoms with Crippen LogP contribution in [0.3, 0.4) is 0 Å². The van der Waals surface area contributed by atoms with E-state index in [2.05, 4.69) is 22.2 Å². The van der Waals surface area contributed by atoms with Crippen LogP contribution in [0.15, 0.2) is 0 Å². The van der Waals surface area contributed by atoms with Crippen molar-refractivity contribution in [2.45, 2.75) is 95.2 Å². The van der Waals surface area contributed by atoms with Crippen molar-refractivity contribution < 1.29 is 4.79 Å². The van der Waals surface area contributed by atoms with Crippen molar-refractivity contribution >= 4 is 11.7 Å². The zero-order valence-electron chi connectivity index (χ0n) is 20.1. The molecule has 32 heavy (non-hydrogen) atoms. The summed E-state index contributed by atoms with van der Waals surface area (Å²) >= 11 is 0. The Morgan fingerprint density at radius 2 is 1.81 bits per heavy atom. The number of likely N-dealkylation sites (N-methyl/N-ethyl adjacent to an activating group) is 1. The molecule has 8 atom stereocenters. The Balaban J connectivity index is 1.33. The predicted octanol–water partition coefficient (Wildman–Crippen LogP) is 3.21. The van der Waals surface area contributed by atoms with Crippen molar-refractivity contribution in [3.63, 3.8) is 0 Å². The van der Waals surface area contributed by atoms with Gasteiger partial charge in [-0.3, -0.25) is 15.1 Å². The largest absolute Gasteiger partial charge is 0.387 e. The van der Waals surface area contributed by atoms with Crippen LogP contribution in [0.4, 0.5) is 0 Å². The summed E-state index contributed by atoms with van der Waals surface area (Å²) in [7, 11) is 2.15. The Morgan fingerprint density at radius 1 is 1.00 bits per heavy atom. The number of likely N-dealkylation sites (tertiary alicyclic amines) is 2. The van der Waals surface area contributed by atoms with Gasteiger partial charge in [0, 0.05) is 31.1 Å². The molecule has 180 valence electrons. The van der Waals surface area contributed by atoms with E-state index in [1.165, 1.54) is 44.9 Å². The lowest BCUT2D eigenvalue weighted by atomic mass is 9.65. The lowest BCUT2D eigenvalue weighted by molar-refractivity contribution is -0.127. The number of carbonyl (C=O) groups is 1. The van der Waals surface area contributed by atoms with Crippen LogP contribution in [0.25, 0.3) is 0 Å². The standard InChI is InChI=1S/C26H45N5O/c1-30-12-11-21(16-30)29-26(32)24-13-18-9-10-19(25(27)28)14-23(18)31(24)15-20-7-4-6-17-5-2-3-8-22(17)20/h17-24H,2-16H2,1H3,(H3,27,28)(H,29,32)/t17?,18?,19?,20?,21-,22?,23?,24?/m1/s1. The molecule has 0 aromatic heterocycles. The summed E-state index contributed by atoms with van der Waals surface area (Å²) in [5.41, 5.74) is 5.96. The lowest BCUT2D eigenvalue weighted by Crippen LogP contribution is -2.52. The summed E-state index contributed by atoms with van der Waals surface area (Å²) in [4.78, 5) is 18.5. The van der Waals surface area contributed by atoms with Crippen LogP contribution in [0.1, 0.15) is 77.0 Å². The van der Waals surface area contributed by atoms with E-state index in [1.807, 2.05) is 0 Å². The van der Waals surface area contributed by atoms with Gasteiger partial charge in [0.05, 0.1) is 11.9 Å². The van der Waals surface area contributed by atoms with E-state index in [0.29, 0.717) is 23.8 Å². The van der Waals surface area contributed by atoms with Gasteiger partial charge < -0.3 is 16.0 Å². The average molecular weight is 444 g/mol. The number of nitrogens with two attached hydrogens (primary N) is 1. The number of nitrogens with one attached hydrogen (secondary N) is 2. The van der Waals surface area contributed by atoms with Crippen LogP contribution in [-0.2, 0) is 4.79 Å². The Labute approximate surface area is 194 Å². The quantitative estimate of drug-likeness (QED) is 0.450. The van der Waals surface area contributed by atoms with Gasteiger partial charge in [-0.2, -0.15) is 0 Å². The number of carbonyl (C=O) groups excluding carboxylic acids is 1. The summed E-state index contributed by atoms with van der Waals surface area (Å²) in [6.07, 6.45) is 15.0. The van der Waals surface area contributed by atoms with Crippen LogP contribution < -0.4 is 11.1 Å². The van der Waals surface area contributed by atoms with Crippen molar-refractivity contribution in [1.82, 2.24) is 15.1 Å². The van der Waals surface area contributed by atoms with Gasteiger partial charge in [-0.05, 0) is 82.2 Å². The number of nitrogens with zero attached hydrogens (tertiary/aromatic N) is 2. The number of amides is 1. The van der Waals surface area contributed by atoms with Crippen molar-refractivity contribution in [1.29, 1.82) is 5.41 Å². The Kier molecular flexibility index (Phi) is 6.80. The summed E-state index contributed by atoms with van der Waals surface area (Å²) < 4.78 is 0. The summed E-state index contributed by atoms with van der Waals surface area (Å²) in [5.74, 6) is 3.98. The maximum atomic E-state index is 13.6. The van der Waals surface area contributed by atoms with E-state index < -0.39 is 0 Å². The zero-order valence-corrected chi connectivity index (χ0v) is 20.1. The molecule has 5 rings (SSSR count). The fraction of sp³-hybridized carbons (Fsp3) is 0.923. The maximum Gasteiger partial charge on any atom is 0.237 e. The minimum Gasteiger partial charge on any atom is -0.387 e. The van der Waals surface area contributed by atoms with Gasteiger partial charge in [0.15, 0.2) is 0 Å². The van der Waals surface area contributed by atoms with Crippen LogP contribution in [0.2, 0.25) is 0 Å². The van der Waals surface area contributed by atoms with Crippen molar-refractivity contribution in [2.24, 2.45) is 35.3 Å². The van der Waals surface area contributed by atoms with Gasteiger partial charge in [0.2, 0.25) is 5.91 Å². The van der Waals surface area contributed by atoms with Crippen LogP contribution in [0, 0.1) is 35.0 Å². The third-order valence-electron chi connectivity index (χ3n) is 9.96. The highest BCUT2D eigenvalue weighted by Gasteiger charge is 2.49. The highest BCUT2D eigenvalue weighted by atomic mass is 16.2. The third-order valence-corrected chi connectivity index (χ3v) is 9.96. The molecule has 0 spiro atoms. The first-order chi connectivity index (χ1) is 15.5. The van der Waals surface area contributed by atoms with E-state index in [9.17, 15) is 4.79 Å². The van der Waals surface area contributed by atoms with E-state index in [-0.39, 0.29) is 17.9 Å². The van der Waals surface area contributed by atoms with Crippen molar-refractivity contribution in [2.75, 3.05) is 26.7 Å². The molecule has 0 aromatic carbocycles. The maximum absolute atomic E-state index is 13.6. The van der Waals surface area contributed by atoms with E-state index in [4.69, 9.17) is 11.1 Å². The molecule has 3 aliphatic carbocycles. The molecular formula is C26H45N5O. The van der Waals surface area contributed by atoms with Gasteiger partial charge in [-0.15, -0.1) is 0 Å². The molecule has 2 saturated heterocycles. The second-order valence-corrected chi connectivity index (χ2v) is 11.9. The van der Waals surface area contributed by atoms with Crippen LogP contribution >= 0.6 is 0 Å². The first-order valence-corrected chi connectivity index (χ1v) is 13.6. The average Bonchev–Trinajstić information content (AvgIpc) is 3.36. The van der Waals surface area contributed by atoms with E-state index >= 15 is 0 Å². The molecule has 5 fully saturated rings. The first-order valence-electron chi connectivity index (χ1n) is 13.6. The Morgan fingerprint density at radius 3 is 2.59 bits per heavy atom. The second-order valence-electron chi connectivity index (χ2n) is 11.9. The van der Waals surface area contributed by atoms with Gasteiger partial charge in [0.25, 0.3) is 0 Å². The number of fused-ring (bicyclic) bond motifs is 2. The molecule has 0 bridgehead atoms. The first kappa shape index (κ1) is 22.6. The molecule has 2 aliphatic heterocycles. The summed E-state index contributed by atoms with van der Waals surface area (Å²) in [5, 5.41) is 11.5. The summed E-state index contributed by atoms with van der Waals surface area (Å²) in [6, 6.07) is 0.758. The third kappa shape index (κ3) is 4.59. The number of amidine groups is 1. The topological polar surface area (TPSA) is 85.5 Å². The van der Waals surface area contributed by atoms with Gasteiger partial charge in [-0.25, -0.2) is 0 Å². The summed E-state index contributed by atoms with van der Waals surface area (Å²) in [6.45, 7) is 3.15. The normalized spacial score (nSPS) is 42.9. The van der Waals surface area contributed by atoms with Crippen molar-refractivity contribution in [3.8, 4) is 0 Å². The molecule has 2 heterocycles. The molecule has 6 nitrogen and oxygen atoms in total. The highest BCUT2D eigenvalue weighted by molar-refractivity contribution is 5.83. The molecule has 7 unspecified atom stereocenters. The van der Waals surface area contributed by atoms with E-state index in [1.54, 1.807) is 0 Å². The Bertz CT molecular complexity index is 696. The number of hydrogen-bond acceptors (Lipinski definition) is 4. The highest BCUT2D eigenvalue weighted by Crippen LogP contribution is 2.47. The van der Waals surface area contributed by atoms with Crippen LogP contribution in [0.5, 0.6) is 0 Å². The number of hydrogen-bond donors (Lipinski definition) is 3. The smallest absolute Gasteiger partial charge is 0.237 e. The zero-order chi connectivity index (χ0) is 22.2. The van der Waals surface area contributed by atoms with E-state index in [0.717, 1.165) is 69.5 Å². The number of rotatable bonds is 5. The molecule has 0 aromatic rings. The lowest BCUT2D eigenvalue weighted by Gasteiger charge is -2.45. The molecule has 0 radical (unpaired) electrons. The van der Waals surface area contributed by atoms with Crippen LogP contribution in [-0.4, -0.2) is 66.4 Å². The predicted molar refractivity (Wildman–Crippen MR) is 128 cm³/mol. The molecule has 1 amide bonds. The van der Waals surface area contributed by atoms with Gasteiger partial charge in [0.1, 0.15) is 0 Å². The molecule has 3 saturated carbocycles. The molecule has 5 aliphatic rings. The fourth-order valence-corrected chi connectivity index (χ4v) is 8.27.